The maximum absolute atomic E-state index is 14.5. The van der Waals surface area contributed by atoms with Gasteiger partial charge in [0.1, 0.15) is 17.0 Å². The predicted octanol–water partition coefficient (Wildman–Crippen LogP) is 4.61. The number of nitriles is 1. The molecule has 1 aromatic heterocycles. The Bertz CT molecular complexity index is 1470. The van der Waals surface area contributed by atoms with E-state index in [1.165, 1.54) is 6.08 Å². The van der Waals surface area contributed by atoms with Crippen LogP contribution in [0.2, 0.25) is 0 Å². The van der Waals surface area contributed by atoms with Crippen LogP contribution in [-0.2, 0) is 16.0 Å². The van der Waals surface area contributed by atoms with E-state index in [1.54, 1.807) is 46.5 Å². The minimum Gasteiger partial charge on any atom is -0.444 e. The summed E-state index contributed by atoms with van der Waals surface area (Å²) in [6.45, 7) is 10.5. The number of amides is 2. The van der Waals surface area contributed by atoms with Crippen molar-refractivity contribution in [3.8, 4) is 6.07 Å². The molecule has 9 heteroatoms. The highest BCUT2D eigenvalue weighted by Gasteiger charge is 2.65. The van der Waals surface area contributed by atoms with E-state index in [9.17, 15) is 14.4 Å². The SMILES string of the molecule is CC(C)=CCC1(Cc2ccncc2)NC(=CC(=O)c2ccc(C#N)cc2)N([C@H]2[C@@H]3CN(C(=O)OC(C)(C)C)C[C@@H]32)C1=O. The molecule has 0 bridgehead atoms. The average molecular weight is 568 g/mol. The maximum Gasteiger partial charge on any atom is 0.410 e. The van der Waals surface area contributed by atoms with E-state index in [2.05, 4.69) is 16.4 Å². The van der Waals surface area contributed by atoms with Crippen LogP contribution in [-0.4, -0.2) is 62.8 Å². The van der Waals surface area contributed by atoms with Crippen molar-refractivity contribution in [2.75, 3.05) is 13.1 Å². The lowest BCUT2D eigenvalue weighted by Gasteiger charge is -2.28. The second kappa shape index (κ2) is 11.1. The minimum absolute atomic E-state index is 0.0843. The smallest absolute Gasteiger partial charge is 0.410 e. The van der Waals surface area contributed by atoms with Crippen molar-refractivity contribution in [2.24, 2.45) is 11.8 Å². The fourth-order valence-corrected chi connectivity index (χ4v) is 5.93. The van der Waals surface area contributed by atoms with Gasteiger partial charge in [0.05, 0.1) is 11.6 Å². The molecule has 2 aromatic rings. The van der Waals surface area contributed by atoms with Crippen molar-refractivity contribution in [3.05, 3.63) is 89.0 Å². The van der Waals surface area contributed by atoms with Crippen molar-refractivity contribution in [2.45, 2.75) is 64.6 Å². The minimum atomic E-state index is -0.989. The lowest BCUT2D eigenvalue weighted by molar-refractivity contribution is -0.132. The fourth-order valence-electron chi connectivity index (χ4n) is 5.93. The first-order valence-corrected chi connectivity index (χ1v) is 14.3. The number of likely N-dealkylation sites (tertiary alicyclic amines) is 1. The number of hydrogen-bond acceptors (Lipinski definition) is 7. The first-order valence-electron chi connectivity index (χ1n) is 14.3. The number of carbonyl (C=O) groups is 3. The number of carbonyl (C=O) groups excluding carboxylic acids is 3. The van der Waals surface area contributed by atoms with Crippen LogP contribution in [0.5, 0.6) is 0 Å². The summed E-state index contributed by atoms with van der Waals surface area (Å²) in [4.78, 5) is 48.2. The highest BCUT2D eigenvalue weighted by Crippen LogP contribution is 2.52. The van der Waals surface area contributed by atoms with Gasteiger partial charge in [-0.05, 0) is 83.0 Å². The Kier molecular flexibility index (Phi) is 7.67. The van der Waals surface area contributed by atoms with Gasteiger partial charge in [-0.3, -0.25) is 19.5 Å². The van der Waals surface area contributed by atoms with Gasteiger partial charge in [0.2, 0.25) is 0 Å². The van der Waals surface area contributed by atoms with Gasteiger partial charge in [-0.15, -0.1) is 0 Å². The summed E-state index contributed by atoms with van der Waals surface area (Å²) < 4.78 is 5.57. The predicted molar refractivity (Wildman–Crippen MR) is 157 cm³/mol. The number of nitrogens with one attached hydrogen (secondary N) is 1. The van der Waals surface area contributed by atoms with Crippen molar-refractivity contribution < 1.29 is 19.1 Å². The molecule has 5 rings (SSSR count). The Morgan fingerprint density at radius 3 is 2.33 bits per heavy atom. The van der Waals surface area contributed by atoms with Crippen molar-refractivity contribution >= 4 is 17.8 Å². The third-order valence-electron chi connectivity index (χ3n) is 8.03. The zero-order valence-electron chi connectivity index (χ0n) is 24.8. The largest absolute Gasteiger partial charge is 0.444 e. The molecular formula is C33H37N5O4. The molecule has 4 atom stereocenters. The van der Waals surface area contributed by atoms with Crippen LogP contribution >= 0.6 is 0 Å². The lowest BCUT2D eigenvalue weighted by Crippen LogP contribution is -2.49. The molecule has 2 saturated heterocycles. The van der Waals surface area contributed by atoms with Crippen molar-refractivity contribution in [1.82, 2.24) is 20.1 Å². The molecule has 2 amide bonds. The highest BCUT2D eigenvalue weighted by atomic mass is 16.6. The molecule has 218 valence electrons. The quantitative estimate of drug-likeness (QED) is 0.295. The molecule has 3 aliphatic rings. The summed E-state index contributed by atoms with van der Waals surface area (Å²) in [6.07, 6.45) is 7.49. The number of piperidine rings is 1. The summed E-state index contributed by atoms with van der Waals surface area (Å²) in [5.41, 5.74) is 1.37. The van der Waals surface area contributed by atoms with E-state index in [0.29, 0.717) is 42.9 Å². The average Bonchev–Trinajstić information content (AvgIpc) is 3.28. The standard InChI is InChI=1S/C33H37N5O4/c1-21(2)10-13-33(17-22-11-14-35-15-12-22)30(40)38(28(36-33)16-27(39)24-8-6-23(18-34)7-9-24)29-25-19-37(20-26(25)29)31(41)42-32(3,4)5/h6-12,14-16,25-26,29,36H,13,17,19-20H2,1-5H3/t25-,26+,29+,33?. The van der Waals surface area contributed by atoms with Crippen LogP contribution in [0.1, 0.15) is 62.5 Å². The molecular weight excluding hydrogens is 530 g/mol. The first-order chi connectivity index (χ1) is 19.9. The lowest BCUT2D eigenvalue weighted by atomic mass is 9.87. The van der Waals surface area contributed by atoms with Gasteiger partial charge in [-0.2, -0.15) is 5.26 Å². The van der Waals surface area contributed by atoms with Crippen LogP contribution in [0.3, 0.4) is 0 Å². The van der Waals surface area contributed by atoms with E-state index in [4.69, 9.17) is 10.00 Å². The van der Waals surface area contributed by atoms with E-state index < -0.39 is 11.1 Å². The molecule has 1 N–H and O–H groups in total. The number of pyridine rings is 1. The van der Waals surface area contributed by atoms with E-state index in [0.717, 1.165) is 11.1 Å². The van der Waals surface area contributed by atoms with E-state index in [-0.39, 0.29) is 35.7 Å². The number of nitrogens with zero attached hydrogens (tertiary/aromatic N) is 4. The van der Waals surface area contributed by atoms with Crippen LogP contribution in [0.4, 0.5) is 4.79 Å². The van der Waals surface area contributed by atoms with Crippen LogP contribution in [0.15, 0.2) is 72.3 Å². The summed E-state index contributed by atoms with van der Waals surface area (Å²) in [7, 11) is 0. The number of ether oxygens (including phenoxy) is 1. The molecule has 42 heavy (non-hydrogen) atoms. The number of ketones is 1. The van der Waals surface area contributed by atoms with E-state index in [1.807, 2.05) is 52.8 Å². The molecule has 0 spiro atoms. The van der Waals surface area contributed by atoms with Gasteiger partial charge in [-0.25, -0.2) is 4.79 Å². The Morgan fingerprint density at radius 2 is 1.76 bits per heavy atom. The highest BCUT2D eigenvalue weighted by molar-refractivity contribution is 6.06. The third-order valence-corrected chi connectivity index (χ3v) is 8.03. The molecule has 1 saturated carbocycles. The summed E-state index contributed by atoms with van der Waals surface area (Å²) in [5, 5.41) is 12.6. The Balaban J connectivity index is 1.47. The van der Waals surface area contributed by atoms with Gasteiger partial charge in [0.15, 0.2) is 5.78 Å². The van der Waals surface area contributed by atoms with Gasteiger partial charge in [0.25, 0.3) is 5.91 Å². The second-order valence-corrected chi connectivity index (χ2v) is 12.7. The van der Waals surface area contributed by atoms with Crippen molar-refractivity contribution in [3.63, 3.8) is 0 Å². The first kappa shape index (κ1) is 29.1. The van der Waals surface area contributed by atoms with Crippen LogP contribution < -0.4 is 5.32 Å². The number of rotatable bonds is 7. The van der Waals surface area contributed by atoms with Crippen molar-refractivity contribution in [1.29, 1.82) is 5.26 Å². The molecule has 1 aromatic carbocycles. The molecule has 9 nitrogen and oxygen atoms in total. The molecule has 2 aliphatic heterocycles. The molecule has 0 radical (unpaired) electrons. The molecule has 1 unspecified atom stereocenters. The molecule has 3 fully saturated rings. The Morgan fingerprint density at radius 1 is 1.12 bits per heavy atom. The number of benzene rings is 1. The monoisotopic (exact) mass is 567 g/mol. The number of aromatic nitrogens is 1. The fraction of sp³-hybridized carbons (Fsp3) is 0.424. The third kappa shape index (κ3) is 5.94. The van der Waals surface area contributed by atoms with Gasteiger partial charge in [0, 0.05) is 61.4 Å². The topological polar surface area (TPSA) is 116 Å². The molecule has 1 aliphatic carbocycles. The van der Waals surface area contributed by atoms with Crippen LogP contribution in [0, 0.1) is 23.2 Å². The number of hydrogen-bond donors (Lipinski definition) is 1. The Hall–Kier alpha value is -4.45. The van der Waals surface area contributed by atoms with E-state index >= 15 is 0 Å². The van der Waals surface area contributed by atoms with Crippen LogP contribution in [0.25, 0.3) is 0 Å². The number of fused-ring (bicyclic) bond motifs is 1. The Labute approximate surface area is 246 Å². The maximum atomic E-state index is 14.5. The molecule has 3 heterocycles. The summed E-state index contributed by atoms with van der Waals surface area (Å²) >= 11 is 0. The summed E-state index contributed by atoms with van der Waals surface area (Å²) in [6, 6.07) is 12.2. The zero-order valence-corrected chi connectivity index (χ0v) is 24.8. The van der Waals surface area contributed by atoms with Gasteiger partial charge in [-0.1, -0.05) is 11.6 Å². The second-order valence-electron chi connectivity index (χ2n) is 12.7. The van der Waals surface area contributed by atoms with Gasteiger partial charge < -0.3 is 15.0 Å². The summed E-state index contributed by atoms with van der Waals surface area (Å²) in [5.74, 6) is 0.310. The normalized spacial score (nSPS) is 25.5. The number of allylic oxidation sites excluding steroid dienone is 2. The zero-order chi connectivity index (χ0) is 30.2. The van der Waals surface area contributed by atoms with Gasteiger partial charge >= 0.3 is 6.09 Å².